The van der Waals surface area contributed by atoms with Crippen LogP contribution in [0.4, 0.5) is 17.6 Å². The first kappa shape index (κ1) is 30.2. The summed E-state index contributed by atoms with van der Waals surface area (Å²) in [6, 6.07) is 11.7. The molecular weight excluding hydrogens is 482 g/mol. The number of carbonyl (C=O) groups is 1. The standard InChI is InChI=1S/C22H20ClF4N3O.2C2H6/c1-3-14-7-8-15(9-19(14)24)13(2)21(31)28-12-18-11-20(22(25,26)27)29-30(18)17-6-4-5-16(23)10-17;2*1-2/h4-11,13H,3,12H2,1-2H3,(H,28,31);2*1-2H3. The van der Waals surface area contributed by atoms with Crippen molar-refractivity contribution in [2.75, 3.05) is 0 Å². The lowest BCUT2D eigenvalue weighted by Crippen LogP contribution is -2.28. The molecule has 0 aliphatic rings. The van der Waals surface area contributed by atoms with E-state index in [0.717, 1.165) is 10.7 Å². The fourth-order valence-electron chi connectivity index (χ4n) is 3.12. The second-order valence-corrected chi connectivity index (χ2v) is 7.49. The number of halogens is 5. The highest BCUT2D eigenvalue weighted by atomic mass is 35.5. The third-order valence-corrected chi connectivity index (χ3v) is 5.16. The summed E-state index contributed by atoms with van der Waals surface area (Å²) in [6.45, 7) is 11.2. The monoisotopic (exact) mass is 513 g/mol. The minimum atomic E-state index is -4.64. The van der Waals surface area contributed by atoms with Gasteiger partial charge in [0.25, 0.3) is 0 Å². The van der Waals surface area contributed by atoms with Gasteiger partial charge in [-0.25, -0.2) is 9.07 Å². The fraction of sp³-hybridized carbons (Fsp3) is 0.385. The summed E-state index contributed by atoms with van der Waals surface area (Å²) in [7, 11) is 0. The largest absolute Gasteiger partial charge is 0.435 e. The van der Waals surface area contributed by atoms with E-state index >= 15 is 0 Å². The topological polar surface area (TPSA) is 46.9 Å². The van der Waals surface area contributed by atoms with E-state index in [1.807, 2.05) is 34.6 Å². The van der Waals surface area contributed by atoms with Crippen LogP contribution in [0.15, 0.2) is 48.5 Å². The van der Waals surface area contributed by atoms with Crippen molar-refractivity contribution in [3.05, 3.63) is 81.9 Å². The van der Waals surface area contributed by atoms with Gasteiger partial charge in [-0.2, -0.15) is 18.3 Å². The predicted octanol–water partition coefficient (Wildman–Crippen LogP) is 7.72. The summed E-state index contributed by atoms with van der Waals surface area (Å²) in [5.41, 5.74) is 0.398. The van der Waals surface area contributed by atoms with Gasteiger partial charge >= 0.3 is 6.18 Å². The van der Waals surface area contributed by atoms with Crippen molar-refractivity contribution in [3.63, 3.8) is 0 Å². The van der Waals surface area contributed by atoms with Crippen LogP contribution < -0.4 is 5.32 Å². The van der Waals surface area contributed by atoms with E-state index < -0.39 is 29.5 Å². The molecule has 1 unspecified atom stereocenters. The number of hydrogen-bond acceptors (Lipinski definition) is 2. The zero-order chi connectivity index (χ0) is 26.8. The van der Waals surface area contributed by atoms with Crippen molar-refractivity contribution in [2.24, 2.45) is 0 Å². The van der Waals surface area contributed by atoms with Gasteiger partial charge in [-0.3, -0.25) is 4.79 Å². The van der Waals surface area contributed by atoms with Crippen LogP contribution in [-0.4, -0.2) is 15.7 Å². The van der Waals surface area contributed by atoms with Gasteiger partial charge in [-0.05, 0) is 54.8 Å². The van der Waals surface area contributed by atoms with Crippen LogP contribution in [0.1, 0.15) is 70.0 Å². The number of nitrogens with one attached hydrogen (secondary N) is 1. The maximum atomic E-state index is 14.1. The number of hydrogen-bond donors (Lipinski definition) is 1. The summed E-state index contributed by atoms with van der Waals surface area (Å²) >= 11 is 5.95. The van der Waals surface area contributed by atoms with Gasteiger partial charge < -0.3 is 5.32 Å². The first-order chi connectivity index (χ1) is 16.6. The molecule has 0 aliphatic carbocycles. The first-order valence-electron chi connectivity index (χ1n) is 11.6. The minimum absolute atomic E-state index is 0.127. The van der Waals surface area contributed by atoms with Crippen molar-refractivity contribution in [2.45, 2.75) is 66.6 Å². The van der Waals surface area contributed by atoms with Crippen LogP contribution in [-0.2, 0) is 23.9 Å². The van der Waals surface area contributed by atoms with Crippen molar-refractivity contribution >= 4 is 17.5 Å². The Morgan fingerprint density at radius 2 is 1.74 bits per heavy atom. The Hall–Kier alpha value is -2.87. The van der Waals surface area contributed by atoms with Crippen LogP contribution in [0.3, 0.4) is 0 Å². The number of aryl methyl sites for hydroxylation is 1. The second-order valence-electron chi connectivity index (χ2n) is 7.05. The molecule has 1 amide bonds. The average molecular weight is 514 g/mol. The SMILES string of the molecule is CC.CC.CCc1ccc(C(C)C(=O)NCc2cc(C(F)(F)F)nn2-c2cccc(Cl)c2)cc1F. The molecule has 0 saturated carbocycles. The first-order valence-corrected chi connectivity index (χ1v) is 12.0. The molecule has 0 saturated heterocycles. The van der Waals surface area contributed by atoms with Gasteiger partial charge in [0.15, 0.2) is 5.69 Å². The molecule has 0 spiro atoms. The van der Waals surface area contributed by atoms with Crippen LogP contribution in [0.2, 0.25) is 5.02 Å². The van der Waals surface area contributed by atoms with E-state index in [4.69, 9.17) is 11.6 Å². The van der Waals surface area contributed by atoms with Gasteiger partial charge in [0.05, 0.1) is 23.8 Å². The lowest BCUT2D eigenvalue weighted by atomic mass is 9.98. The highest BCUT2D eigenvalue weighted by Gasteiger charge is 2.35. The molecule has 3 aromatic rings. The molecule has 3 rings (SSSR count). The normalized spacial score (nSPS) is 11.5. The summed E-state index contributed by atoms with van der Waals surface area (Å²) in [5, 5.41) is 6.58. The maximum absolute atomic E-state index is 14.1. The molecule has 192 valence electrons. The fourth-order valence-corrected chi connectivity index (χ4v) is 3.30. The Morgan fingerprint density at radius 3 is 2.29 bits per heavy atom. The molecule has 0 radical (unpaired) electrons. The molecule has 1 heterocycles. The summed E-state index contributed by atoms with van der Waals surface area (Å²) in [4.78, 5) is 12.6. The van der Waals surface area contributed by atoms with Crippen molar-refractivity contribution in [1.29, 1.82) is 0 Å². The predicted molar refractivity (Wildman–Crippen MR) is 132 cm³/mol. The maximum Gasteiger partial charge on any atom is 0.435 e. The van der Waals surface area contributed by atoms with E-state index in [9.17, 15) is 22.4 Å². The molecular formula is C26H32ClF4N3O. The molecule has 1 N–H and O–H groups in total. The molecule has 9 heteroatoms. The van der Waals surface area contributed by atoms with Crippen LogP contribution in [0.5, 0.6) is 0 Å². The minimum Gasteiger partial charge on any atom is -0.350 e. The van der Waals surface area contributed by atoms with E-state index in [-0.39, 0.29) is 12.2 Å². The Labute approximate surface area is 209 Å². The van der Waals surface area contributed by atoms with Crippen LogP contribution >= 0.6 is 11.6 Å². The van der Waals surface area contributed by atoms with Gasteiger partial charge in [0.1, 0.15) is 5.82 Å². The van der Waals surface area contributed by atoms with Crippen molar-refractivity contribution in [3.8, 4) is 5.69 Å². The molecule has 1 aromatic heterocycles. The highest BCUT2D eigenvalue weighted by molar-refractivity contribution is 6.30. The van der Waals surface area contributed by atoms with Gasteiger partial charge in [-0.15, -0.1) is 0 Å². The Kier molecular flexibility index (Phi) is 12.0. The molecule has 0 aliphatic heterocycles. The summed E-state index contributed by atoms with van der Waals surface area (Å²) in [5.74, 6) is -1.53. The highest BCUT2D eigenvalue weighted by Crippen LogP contribution is 2.30. The molecule has 2 aromatic carbocycles. The van der Waals surface area contributed by atoms with Crippen LogP contribution in [0.25, 0.3) is 5.69 Å². The Bertz CT molecular complexity index is 1100. The third kappa shape index (κ3) is 8.09. The van der Waals surface area contributed by atoms with Gasteiger partial charge in [-0.1, -0.05) is 64.4 Å². The third-order valence-electron chi connectivity index (χ3n) is 4.92. The van der Waals surface area contributed by atoms with Gasteiger partial charge in [0.2, 0.25) is 5.91 Å². The molecule has 0 fully saturated rings. The number of rotatable bonds is 6. The van der Waals surface area contributed by atoms with E-state index in [2.05, 4.69) is 10.4 Å². The summed E-state index contributed by atoms with van der Waals surface area (Å²) in [6.07, 6.45) is -4.11. The average Bonchev–Trinajstić information content (AvgIpc) is 3.29. The van der Waals surface area contributed by atoms with Crippen molar-refractivity contribution < 1.29 is 22.4 Å². The second kappa shape index (κ2) is 13.9. The zero-order valence-electron chi connectivity index (χ0n) is 20.8. The smallest absolute Gasteiger partial charge is 0.350 e. The number of alkyl halides is 3. The Balaban J connectivity index is 0.00000145. The lowest BCUT2D eigenvalue weighted by molar-refractivity contribution is -0.141. The van der Waals surface area contributed by atoms with Crippen molar-refractivity contribution in [1.82, 2.24) is 15.1 Å². The number of nitrogens with zero attached hydrogens (tertiary/aromatic N) is 2. The summed E-state index contributed by atoms with van der Waals surface area (Å²) < 4.78 is 54.7. The van der Waals surface area contributed by atoms with E-state index in [1.165, 1.54) is 12.1 Å². The quantitative estimate of drug-likeness (QED) is 0.343. The molecule has 1 atom stereocenters. The zero-order valence-corrected chi connectivity index (χ0v) is 21.6. The Morgan fingerprint density at radius 1 is 1.09 bits per heavy atom. The van der Waals surface area contributed by atoms with E-state index in [1.54, 1.807) is 37.3 Å². The van der Waals surface area contributed by atoms with Gasteiger partial charge in [0, 0.05) is 5.02 Å². The number of aromatic nitrogens is 2. The van der Waals surface area contributed by atoms with E-state index in [0.29, 0.717) is 28.3 Å². The number of benzene rings is 2. The molecule has 0 bridgehead atoms. The number of amides is 1. The van der Waals surface area contributed by atoms with Crippen LogP contribution in [0, 0.1) is 5.82 Å². The molecule has 35 heavy (non-hydrogen) atoms. The number of carbonyl (C=O) groups excluding carboxylic acids is 1. The lowest BCUT2D eigenvalue weighted by Gasteiger charge is -2.14. The molecule has 4 nitrogen and oxygen atoms in total.